The van der Waals surface area contributed by atoms with Crippen molar-refractivity contribution >= 4 is 21.1 Å². The standard InChI is InChI=1S/C17H16F3N5O3S/c1-16(14(29(27)28)4-5-25-16)15(26)22-8-11-6-12(24-9-23-11)10-2-3-13(21-7-10)17(18,19)20/h2-3,6-7,9,25H,4-5,8H2,1H3,(H,22,26). The number of aromatic nitrogens is 3. The third-order valence-corrected chi connectivity index (χ3v) is 5.56. The number of amides is 1. The average Bonchev–Trinajstić information content (AvgIpc) is 3.09. The number of pyridine rings is 1. The second-order valence-corrected chi connectivity index (χ2v) is 7.43. The van der Waals surface area contributed by atoms with Crippen molar-refractivity contribution in [2.24, 2.45) is 0 Å². The Balaban J connectivity index is 1.74. The number of hydrogen-bond donors (Lipinski definition) is 2. The molecule has 1 unspecified atom stereocenters. The first-order valence-electron chi connectivity index (χ1n) is 8.44. The van der Waals surface area contributed by atoms with E-state index >= 15 is 0 Å². The molecule has 29 heavy (non-hydrogen) atoms. The van der Waals surface area contributed by atoms with E-state index in [2.05, 4.69) is 25.6 Å². The highest BCUT2D eigenvalue weighted by molar-refractivity contribution is 7.73. The first-order chi connectivity index (χ1) is 13.6. The molecule has 1 aliphatic rings. The molecule has 0 aromatic carbocycles. The van der Waals surface area contributed by atoms with Crippen molar-refractivity contribution < 1.29 is 26.4 Å². The van der Waals surface area contributed by atoms with Gasteiger partial charge in [-0.15, -0.1) is 0 Å². The SMILES string of the molecule is CC1(C(=O)NCc2cc(-c3ccc(C(F)(F)F)nc3)ncn2)NCCC1=S(=O)=O. The van der Waals surface area contributed by atoms with E-state index in [-0.39, 0.29) is 17.8 Å². The van der Waals surface area contributed by atoms with Crippen LogP contribution in [0.1, 0.15) is 24.7 Å². The van der Waals surface area contributed by atoms with Crippen molar-refractivity contribution in [1.29, 1.82) is 0 Å². The molecule has 0 radical (unpaired) electrons. The van der Waals surface area contributed by atoms with Crippen LogP contribution in [0.4, 0.5) is 13.2 Å². The lowest BCUT2D eigenvalue weighted by molar-refractivity contribution is -0.141. The maximum Gasteiger partial charge on any atom is 0.433 e. The minimum Gasteiger partial charge on any atom is -0.349 e. The highest BCUT2D eigenvalue weighted by Gasteiger charge is 2.42. The third kappa shape index (κ3) is 4.43. The van der Waals surface area contributed by atoms with Gasteiger partial charge in [-0.05, 0) is 31.5 Å². The van der Waals surface area contributed by atoms with Crippen molar-refractivity contribution in [3.8, 4) is 11.3 Å². The molecule has 2 aromatic rings. The molecule has 0 bridgehead atoms. The van der Waals surface area contributed by atoms with E-state index in [9.17, 15) is 26.4 Å². The van der Waals surface area contributed by atoms with Gasteiger partial charge in [0.2, 0.25) is 16.2 Å². The Kier molecular flexibility index (Phi) is 5.66. The zero-order valence-corrected chi connectivity index (χ0v) is 15.9. The van der Waals surface area contributed by atoms with E-state index in [0.29, 0.717) is 23.5 Å². The molecule has 3 heterocycles. The lowest BCUT2D eigenvalue weighted by atomic mass is 9.99. The molecule has 1 atom stereocenters. The normalized spacial score (nSPS) is 19.2. The summed E-state index contributed by atoms with van der Waals surface area (Å²) in [7, 11) is -2.49. The molecule has 0 aliphatic carbocycles. The summed E-state index contributed by atoms with van der Waals surface area (Å²) in [5.74, 6) is -0.523. The minimum atomic E-state index is -4.53. The molecule has 3 rings (SSSR count). The highest BCUT2D eigenvalue weighted by atomic mass is 32.2. The summed E-state index contributed by atoms with van der Waals surface area (Å²) in [4.78, 5) is 24.0. The third-order valence-electron chi connectivity index (χ3n) is 4.55. The van der Waals surface area contributed by atoms with Crippen LogP contribution in [-0.2, 0) is 27.8 Å². The number of nitrogens with one attached hydrogen (secondary N) is 2. The quantitative estimate of drug-likeness (QED) is 0.699. The van der Waals surface area contributed by atoms with Crippen molar-refractivity contribution in [2.75, 3.05) is 6.54 Å². The minimum absolute atomic E-state index is 0.0154. The summed E-state index contributed by atoms with van der Waals surface area (Å²) in [6.45, 7) is 1.84. The molecular formula is C17H16F3N5O3S. The van der Waals surface area contributed by atoms with Crippen molar-refractivity contribution in [2.45, 2.75) is 31.6 Å². The Hall–Kier alpha value is -2.86. The Labute approximate surface area is 165 Å². The first-order valence-corrected chi connectivity index (χ1v) is 9.52. The molecule has 1 aliphatic heterocycles. The van der Waals surface area contributed by atoms with E-state index in [4.69, 9.17) is 0 Å². The fourth-order valence-corrected chi connectivity index (χ4v) is 3.71. The van der Waals surface area contributed by atoms with Crippen LogP contribution < -0.4 is 10.6 Å². The highest BCUT2D eigenvalue weighted by Crippen LogP contribution is 2.28. The van der Waals surface area contributed by atoms with Gasteiger partial charge in [0, 0.05) is 18.3 Å². The molecular weight excluding hydrogens is 411 g/mol. The molecule has 1 saturated heterocycles. The largest absolute Gasteiger partial charge is 0.433 e. The number of hydrogen-bond acceptors (Lipinski definition) is 7. The van der Waals surface area contributed by atoms with Crippen LogP contribution in [0, 0.1) is 0 Å². The number of carbonyl (C=O) groups is 1. The van der Waals surface area contributed by atoms with E-state index in [0.717, 1.165) is 12.3 Å². The van der Waals surface area contributed by atoms with Crippen LogP contribution >= 0.6 is 0 Å². The van der Waals surface area contributed by atoms with Gasteiger partial charge in [0.15, 0.2) is 0 Å². The van der Waals surface area contributed by atoms with E-state index in [1.165, 1.54) is 25.4 Å². The summed E-state index contributed by atoms with van der Waals surface area (Å²) in [5.41, 5.74) is -1.25. The monoisotopic (exact) mass is 427 g/mol. The summed E-state index contributed by atoms with van der Waals surface area (Å²) < 4.78 is 60.5. The first kappa shape index (κ1) is 20.9. The lowest BCUT2D eigenvalue weighted by Crippen LogP contribution is -2.55. The van der Waals surface area contributed by atoms with E-state index in [1.807, 2.05) is 0 Å². The molecule has 8 nitrogen and oxygen atoms in total. The van der Waals surface area contributed by atoms with Gasteiger partial charge in [-0.25, -0.2) is 9.97 Å². The van der Waals surface area contributed by atoms with Crippen LogP contribution in [0.25, 0.3) is 11.3 Å². The molecule has 0 spiro atoms. The Morgan fingerprint density at radius 2 is 2.03 bits per heavy atom. The lowest BCUT2D eigenvalue weighted by Gasteiger charge is -2.22. The maximum atomic E-state index is 12.6. The fourth-order valence-electron chi connectivity index (χ4n) is 2.94. The predicted molar refractivity (Wildman–Crippen MR) is 97.1 cm³/mol. The predicted octanol–water partition coefficient (Wildman–Crippen LogP) is 0.977. The number of halogens is 3. The Morgan fingerprint density at radius 3 is 2.66 bits per heavy atom. The van der Waals surface area contributed by atoms with Crippen LogP contribution in [0.15, 0.2) is 30.7 Å². The van der Waals surface area contributed by atoms with Crippen molar-refractivity contribution in [3.63, 3.8) is 0 Å². The van der Waals surface area contributed by atoms with Crippen LogP contribution in [0.3, 0.4) is 0 Å². The zero-order chi connectivity index (χ0) is 21.2. The van der Waals surface area contributed by atoms with E-state index < -0.39 is 33.6 Å². The Bertz CT molecular complexity index is 1060. The Morgan fingerprint density at radius 1 is 1.28 bits per heavy atom. The van der Waals surface area contributed by atoms with Crippen LogP contribution in [0.5, 0.6) is 0 Å². The van der Waals surface area contributed by atoms with Gasteiger partial charge < -0.3 is 5.32 Å². The van der Waals surface area contributed by atoms with Gasteiger partial charge in [0.05, 0.1) is 22.8 Å². The molecule has 0 saturated carbocycles. The van der Waals surface area contributed by atoms with Gasteiger partial charge >= 0.3 is 6.18 Å². The molecule has 12 heteroatoms. The molecule has 2 aromatic heterocycles. The van der Waals surface area contributed by atoms with E-state index in [1.54, 1.807) is 0 Å². The summed E-state index contributed by atoms with van der Waals surface area (Å²) in [6.07, 6.45) is -2.01. The number of alkyl halides is 3. The van der Waals surface area contributed by atoms with Crippen molar-refractivity contribution in [1.82, 2.24) is 25.6 Å². The van der Waals surface area contributed by atoms with Gasteiger partial charge in [0.1, 0.15) is 17.6 Å². The number of rotatable bonds is 4. The topological polar surface area (TPSA) is 114 Å². The number of nitrogens with zero attached hydrogens (tertiary/aromatic N) is 3. The molecule has 2 N–H and O–H groups in total. The van der Waals surface area contributed by atoms with Crippen LogP contribution in [0.2, 0.25) is 0 Å². The van der Waals surface area contributed by atoms with Gasteiger partial charge in [-0.1, -0.05) is 0 Å². The molecule has 154 valence electrons. The fraction of sp³-hybridized carbons (Fsp3) is 0.353. The van der Waals surface area contributed by atoms with Gasteiger partial charge in [-0.2, -0.15) is 21.6 Å². The second-order valence-electron chi connectivity index (χ2n) is 6.47. The van der Waals surface area contributed by atoms with Crippen LogP contribution in [-0.4, -0.2) is 46.2 Å². The van der Waals surface area contributed by atoms with Gasteiger partial charge in [-0.3, -0.25) is 15.1 Å². The van der Waals surface area contributed by atoms with Gasteiger partial charge in [0.25, 0.3) is 0 Å². The molecule has 1 fully saturated rings. The molecule has 1 amide bonds. The smallest absolute Gasteiger partial charge is 0.349 e. The number of carbonyl (C=O) groups excluding carboxylic acids is 1. The second kappa shape index (κ2) is 7.87. The summed E-state index contributed by atoms with van der Waals surface area (Å²) in [5, 5.41) is 5.50. The van der Waals surface area contributed by atoms with Crippen molar-refractivity contribution in [3.05, 3.63) is 42.1 Å². The summed E-state index contributed by atoms with van der Waals surface area (Å²) in [6, 6.07) is 3.60. The summed E-state index contributed by atoms with van der Waals surface area (Å²) >= 11 is 0. The maximum absolute atomic E-state index is 12.6. The zero-order valence-electron chi connectivity index (χ0n) is 15.1. The average molecular weight is 427 g/mol.